The van der Waals surface area contributed by atoms with Crippen molar-refractivity contribution in [3.05, 3.63) is 44.7 Å². The zero-order valence-corrected chi connectivity index (χ0v) is 12.5. The van der Waals surface area contributed by atoms with E-state index in [9.17, 15) is 0 Å². The van der Waals surface area contributed by atoms with Crippen LogP contribution in [0.2, 0.25) is 0 Å². The van der Waals surface area contributed by atoms with Crippen molar-refractivity contribution >= 4 is 33.1 Å². The third kappa shape index (κ3) is 2.69. The van der Waals surface area contributed by atoms with Crippen LogP contribution in [0.15, 0.2) is 34.2 Å². The Morgan fingerprint density at radius 3 is 2.82 bits per heavy atom. The lowest BCUT2D eigenvalue weighted by atomic mass is 10.2. The quantitative estimate of drug-likeness (QED) is 0.834. The Morgan fingerprint density at radius 1 is 1.47 bits per heavy atom. The Labute approximate surface area is 114 Å². The van der Waals surface area contributed by atoms with Gasteiger partial charge in [0.1, 0.15) is 5.82 Å². The topological polar surface area (TPSA) is 16.1 Å². The smallest absolute Gasteiger partial charge is 0.129 e. The highest BCUT2D eigenvalue weighted by Gasteiger charge is 2.14. The number of hydrogen-bond donors (Lipinski definition) is 0. The van der Waals surface area contributed by atoms with E-state index in [0.29, 0.717) is 6.04 Å². The van der Waals surface area contributed by atoms with Gasteiger partial charge in [-0.3, -0.25) is 0 Å². The Morgan fingerprint density at radius 2 is 2.24 bits per heavy atom. The van der Waals surface area contributed by atoms with Crippen LogP contribution >= 0.6 is 27.3 Å². The number of thiophene rings is 1. The maximum atomic E-state index is 4.45. The Hall–Kier alpha value is -0.870. The summed E-state index contributed by atoms with van der Waals surface area (Å²) >= 11 is 5.26. The van der Waals surface area contributed by atoms with Gasteiger partial charge in [-0.25, -0.2) is 4.98 Å². The van der Waals surface area contributed by atoms with Gasteiger partial charge in [0.2, 0.25) is 0 Å². The Kier molecular flexibility index (Phi) is 3.84. The molecule has 2 nitrogen and oxygen atoms in total. The summed E-state index contributed by atoms with van der Waals surface area (Å²) in [5.74, 6) is 1.01. The third-order valence-electron chi connectivity index (χ3n) is 2.93. The lowest BCUT2D eigenvalue weighted by Crippen LogP contribution is -2.21. The van der Waals surface area contributed by atoms with E-state index in [-0.39, 0.29) is 0 Å². The van der Waals surface area contributed by atoms with Gasteiger partial charge in [-0.2, -0.15) is 0 Å². The van der Waals surface area contributed by atoms with Crippen molar-refractivity contribution in [1.29, 1.82) is 0 Å². The number of rotatable bonds is 3. The molecule has 2 rings (SSSR count). The van der Waals surface area contributed by atoms with Crippen molar-refractivity contribution in [2.24, 2.45) is 0 Å². The minimum absolute atomic E-state index is 0.350. The standard InChI is InChI=1S/C13H15BrN2S/c1-9-7-13(15-8-11(9)14)16(3)10(2)12-5-4-6-17-12/h4-8,10H,1-3H3. The summed E-state index contributed by atoms with van der Waals surface area (Å²) < 4.78 is 1.05. The molecule has 0 spiro atoms. The highest BCUT2D eigenvalue weighted by atomic mass is 79.9. The third-order valence-corrected chi connectivity index (χ3v) is 4.80. The number of aryl methyl sites for hydroxylation is 1. The molecule has 0 aliphatic carbocycles. The van der Waals surface area contributed by atoms with Crippen LogP contribution in [0.5, 0.6) is 0 Å². The van der Waals surface area contributed by atoms with Crippen LogP contribution in [-0.2, 0) is 0 Å². The van der Waals surface area contributed by atoms with Crippen LogP contribution in [-0.4, -0.2) is 12.0 Å². The summed E-state index contributed by atoms with van der Waals surface area (Å²) in [5.41, 5.74) is 1.21. The molecule has 17 heavy (non-hydrogen) atoms. The maximum Gasteiger partial charge on any atom is 0.129 e. The second kappa shape index (κ2) is 5.19. The molecule has 0 fully saturated rings. The molecule has 2 aromatic heterocycles. The molecular formula is C13H15BrN2S. The number of nitrogens with zero attached hydrogens (tertiary/aromatic N) is 2. The van der Waals surface area contributed by atoms with Crippen LogP contribution in [0.3, 0.4) is 0 Å². The summed E-state index contributed by atoms with van der Waals surface area (Å²) in [5, 5.41) is 2.11. The molecule has 90 valence electrons. The van der Waals surface area contributed by atoms with Crippen molar-refractivity contribution in [3.63, 3.8) is 0 Å². The summed E-state index contributed by atoms with van der Waals surface area (Å²) in [4.78, 5) is 8.01. The van der Waals surface area contributed by atoms with Crippen LogP contribution in [0.1, 0.15) is 23.4 Å². The summed E-state index contributed by atoms with van der Waals surface area (Å²) in [6.45, 7) is 4.28. The predicted molar refractivity (Wildman–Crippen MR) is 77.8 cm³/mol. The van der Waals surface area contributed by atoms with Gasteiger partial charge < -0.3 is 4.90 Å². The molecule has 0 N–H and O–H groups in total. The van der Waals surface area contributed by atoms with Crippen molar-refractivity contribution in [1.82, 2.24) is 4.98 Å². The normalized spacial score (nSPS) is 12.5. The minimum Gasteiger partial charge on any atom is -0.352 e. The van der Waals surface area contributed by atoms with Gasteiger partial charge in [-0.05, 0) is 52.9 Å². The van der Waals surface area contributed by atoms with E-state index in [1.165, 1.54) is 10.4 Å². The number of pyridine rings is 1. The first kappa shape index (κ1) is 12.6. The van der Waals surface area contributed by atoms with Gasteiger partial charge in [0.15, 0.2) is 0 Å². The molecule has 0 aliphatic heterocycles. The van der Waals surface area contributed by atoms with Crippen molar-refractivity contribution in [2.45, 2.75) is 19.9 Å². The van der Waals surface area contributed by atoms with E-state index < -0.39 is 0 Å². The second-order valence-electron chi connectivity index (χ2n) is 4.09. The van der Waals surface area contributed by atoms with Crippen molar-refractivity contribution < 1.29 is 0 Å². The second-order valence-corrected chi connectivity index (χ2v) is 5.93. The lowest BCUT2D eigenvalue weighted by Gasteiger charge is -2.25. The molecule has 0 saturated heterocycles. The minimum atomic E-state index is 0.350. The van der Waals surface area contributed by atoms with E-state index in [0.717, 1.165) is 10.3 Å². The molecule has 0 radical (unpaired) electrons. The molecule has 1 unspecified atom stereocenters. The van der Waals surface area contributed by atoms with Gasteiger partial charge in [-0.15, -0.1) is 11.3 Å². The van der Waals surface area contributed by atoms with Crippen molar-refractivity contribution in [2.75, 3.05) is 11.9 Å². The monoisotopic (exact) mass is 310 g/mol. The summed E-state index contributed by atoms with van der Waals surface area (Å²) in [6.07, 6.45) is 1.86. The number of anilines is 1. The average molecular weight is 311 g/mol. The van der Waals surface area contributed by atoms with Gasteiger partial charge in [0.25, 0.3) is 0 Å². The molecule has 0 saturated carbocycles. The largest absolute Gasteiger partial charge is 0.352 e. The zero-order valence-electron chi connectivity index (χ0n) is 10.1. The molecule has 2 heterocycles. The molecule has 1 atom stereocenters. The van der Waals surface area contributed by atoms with Gasteiger partial charge in [0, 0.05) is 22.6 Å². The first-order valence-electron chi connectivity index (χ1n) is 5.48. The number of aromatic nitrogens is 1. The molecule has 0 aliphatic rings. The number of halogens is 1. The fourth-order valence-electron chi connectivity index (χ4n) is 1.64. The van der Waals surface area contributed by atoms with E-state index in [4.69, 9.17) is 0 Å². The van der Waals surface area contributed by atoms with Gasteiger partial charge >= 0.3 is 0 Å². The van der Waals surface area contributed by atoms with Gasteiger partial charge in [0.05, 0.1) is 6.04 Å². The molecular weight excluding hydrogens is 296 g/mol. The average Bonchev–Trinajstić information content (AvgIpc) is 2.84. The van der Waals surface area contributed by atoms with Crippen LogP contribution in [0, 0.1) is 6.92 Å². The highest BCUT2D eigenvalue weighted by molar-refractivity contribution is 9.10. The van der Waals surface area contributed by atoms with E-state index in [2.05, 4.69) is 70.3 Å². The Balaban J connectivity index is 2.24. The van der Waals surface area contributed by atoms with Crippen LogP contribution in [0.25, 0.3) is 0 Å². The molecule has 4 heteroatoms. The van der Waals surface area contributed by atoms with Crippen LogP contribution < -0.4 is 4.90 Å². The lowest BCUT2D eigenvalue weighted by molar-refractivity contribution is 0.741. The fraction of sp³-hybridized carbons (Fsp3) is 0.308. The number of hydrogen-bond acceptors (Lipinski definition) is 3. The molecule has 2 aromatic rings. The zero-order chi connectivity index (χ0) is 12.4. The highest BCUT2D eigenvalue weighted by Crippen LogP contribution is 2.28. The maximum absolute atomic E-state index is 4.45. The van der Waals surface area contributed by atoms with Crippen LogP contribution in [0.4, 0.5) is 5.82 Å². The first-order valence-corrected chi connectivity index (χ1v) is 7.15. The fourth-order valence-corrected chi connectivity index (χ4v) is 2.68. The van der Waals surface area contributed by atoms with Gasteiger partial charge in [-0.1, -0.05) is 6.07 Å². The Bertz CT molecular complexity index is 496. The van der Waals surface area contributed by atoms with E-state index in [1.807, 2.05) is 6.20 Å². The van der Waals surface area contributed by atoms with E-state index >= 15 is 0 Å². The predicted octanol–water partition coefficient (Wildman–Crippen LogP) is 4.41. The SMILES string of the molecule is Cc1cc(N(C)C(C)c2cccs2)ncc1Br. The molecule has 0 aromatic carbocycles. The summed E-state index contributed by atoms with van der Waals surface area (Å²) in [7, 11) is 2.08. The first-order chi connectivity index (χ1) is 8.09. The van der Waals surface area contributed by atoms with E-state index in [1.54, 1.807) is 11.3 Å². The molecule has 0 bridgehead atoms. The van der Waals surface area contributed by atoms with Crippen molar-refractivity contribution in [3.8, 4) is 0 Å². The summed E-state index contributed by atoms with van der Waals surface area (Å²) in [6, 6.07) is 6.71. The molecule has 0 amide bonds.